The topological polar surface area (TPSA) is 48.9 Å². The Morgan fingerprint density at radius 1 is 1.27 bits per heavy atom. The van der Waals surface area contributed by atoms with E-state index >= 15 is 0 Å². The number of hydrogen-bond acceptors (Lipinski definition) is 2. The van der Waals surface area contributed by atoms with Crippen molar-refractivity contribution in [3.05, 3.63) is 17.0 Å². The van der Waals surface area contributed by atoms with Crippen LogP contribution in [0.1, 0.15) is 42.6 Å². The number of aliphatic hydroxyl groups is 1. The summed E-state index contributed by atoms with van der Waals surface area (Å²) in [6, 6.07) is 0. The summed E-state index contributed by atoms with van der Waals surface area (Å²) in [5, 5.41) is 16.9. The number of aromatic amines is 1. The second-order valence-electron chi connectivity index (χ2n) is 5.17. The monoisotopic (exact) mass is 206 g/mol. The predicted molar refractivity (Wildman–Crippen MR) is 57.7 cm³/mol. The molecule has 1 aromatic rings. The van der Waals surface area contributed by atoms with Gasteiger partial charge in [-0.15, -0.1) is 0 Å². The number of aryl methyl sites for hydroxylation is 1. The maximum absolute atomic E-state index is 9.32. The number of rotatable bonds is 3. The van der Waals surface area contributed by atoms with E-state index in [0.717, 1.165) is 12.8 Å². The van der Waals surface area contributed by atoms with Gasteiger partial charge in [-0.05, 0) is 55.9 Å². The molecule has 1 saturated carbocycles. The summed E-state index contributed by atoms with van der Waals surface area (Å²) in [4.78, 5) is 0. The maximum atomic E-state index is 9.32. The molecule has 0 radical (unpaired) electrons. The minimum Gasteiger partial charge on any atom is -0.396 e. The van der Waals surface area contributed by atoms with Crippen molar-refractivity contribution in [3.63, 3.8) is 0 Å². The van der Waals surface area contributed by atoms with Crippen LogP contribution in [0.4, 0.5) is 0 Å². The van der Waals surface area contributed by atoms with Crippen LogP contribution in [0.2, 0.25) is 0 Å². The molecule has 0 aliphatic heterocycles. The van der Waals surface area contributed by atoms with Crippen molar-refractivity contribution in [2.75, 3.05) is 6.61 Å². The Bertz CT molecular complexity index is 366. The molecular formula is C12H18N2O. The highest BCUT2D eigenvalue weighted by molar-refractivity contribution is 5.29. The standard InChI is InChI=1S/C12H18N2O/c15-8-12(5-6-12)7-11-9-3-1-2-4-10(9)13-14-11/h15H,1-8H2,(H,13,14). The fourth-order valence-corrected chi connectivity index (χ4v) is 2.62. The van der Waals surface area contributed by atoms with Crippen LogP contribution in [-0.2, 0) is 19.3 Å². The SMILES string of the molecule is OCC1(Cc2n[nH]c3c2CCCC3)CC1. The molecule has 1 heterocycles. The molecule has 0 saturated heterocycles. The third-order valence-electron chi connectivity index (χ3n) is 3.98. The second-order valence-corrected chi connectivity index (χ2v) is 5.17. The average molecular weight is 206 g/mol. The second kappa shape index (κ2) is 3.34. The van der Waals surface area contributed by atoms with Gasteiger partial charge in [-0.3, -0.25) is 5.10 Å². The molecule has 3 nitrogen and oxygen atoms in total. The van der Waals surface area contributed by atoms with Crippen molar-refractivity contribution in [2.45, 2.75) is 44.9 Å². The normalized spacial score (nSPS) is 22.5. The van der Waals surface area contributed by atoms with E-state index in [1.165, 1.54) is 49.1 Å². The van der Waals surface area contributed by atoms with E-state index < -0.39 is 0 Å². The molecule has 2 aliphatic carbocycles. The highest BCUT2D eigenvalue weighted by Crippen LogP contribution is 2.48. The summed E-state index contributed by atoms with van der Waals surface area (Å²) < 4.78 is 0. The smallest absolute Gasteiger partial charge is 0.0663 e. The average Bonchev–Trinajstić information content (AvgIpc) is 2.95. The first-order chi connectivity index (χ1) is 7.33. The fraction of sp³-hybridized carbons (Fsp3) is 0.750. The van der Waals surface area contributed by atoms with Crippen molar-refractivity contribution < 1.29 is 5.11 Å². The van der Waals surface area contributed by atoms with Gasteiger partial charge in [0.15, 0.2) is 0 Å². The van der Waals surface area contributed by atoms with Crippen molar-refractivity contribution in [1.29, 1.82) is 0 Å². The Morgan fingerprint density at radius 3 is 2.80 bits per heavy atom. The number of nitrogens with one attached hydrogen (secondary N) is 1. The minimum absolute atomic E-state index is 0.195. The zero-order chi connectivity index (χ0) is 10.3. The molecule has 0 atom stereocenters. The van der Waals surface area contributed by atoms with Gasteiger partial charge in [0.25, 0.3) is 0 Å². The van der Waals surface area contributed by atoms with Crippen molar-refractivity contribution in [1.82, 2.24) is 10.2 Å². The molecule has 0 spiro atoms. The van der Waals surface area contributed by atoms with E-state index in [0.29, 0.717) is 6.61 Å². The van der Waals surface area contributed by atoms with Crippen LogP contribution < -0.4 is 0 Å². The van der Waals surface area contributed by atoms with Crippen LogP contribution in [0.15, 0.2) is 0 Å². The van der Waals surface area contributed by atoms with Gasteiger partial charge < -0.3 is 5.11 Å². The van der Waals surface area contributed by atoms with Gasteiger partial charge in [-0.2, -0.15) is 5.10 Å². The lowest BCUT2D eigenvalue weighted by molar-refractivity contribution is 0.210. The van der Waals surface area contributed by atoms with Crippen LogP contribution in [0.25, 0.3) is 0 Å². The van der Waals surface area contributed by atoms with Gasteiger partial charge in [0.1, 0.15) is 0 Å². The number of aromatic nitrogens is 2. The molecule has 82 valence electrons. The van der Waals surface area contributed by atoms with Crippen LogP contribution in [-0.4, -0.2) is 21.9 Å². The highest BCUT2D eigenvalue weighted by atomic mass is 16.3. The van der Waals surface area contributed by atoms with Gasteiger partial charge in [0.2, 0.25) is 0 Å². The molecule has 0 bridgehead atoms. The van der Waals surface area contributed by atoms with Crippen LogP contribution in [0.3, 0.4) is 0 Å². The van der Waals surface area contributed by atoms with E-state index in [2.05, 4.69) is 10.2 Å². The zero-order valence-corrected chi connectivity index (χ0v) is 9.05. The Hall–Kier alpha value is -0.830. The summed E-state index contributed by atoms with van der Waals surface area (Å²) in [5.41, 5.74) is 4.24. The van der Waals surface area contributed by atoms with E-state index in [4.69, 9.17) is 0 Å². The summed E-state index contributed by atoms with van der Waals surface area (Å²) in [6.45, 7) is 0.328. The Labute approximate surface area is 89.9 Å². The zero-order valence-electron chi connectivity index (χ0n) is 9.05. The molecule has 0 unspecified atom stereocenters. The molecule has 3 heteroatoms. The molecule has 0 aromatic carbocycles. The summed E-state index contributed by atoms with van der Waals surface area (Å²) in [6.07, 6.45) is 8.26. The maximum Gasteiger partial charge on any atom is 0.0663 e. The van der Waals surface area contributed by atoms with Crippen molar-refractivity contribution in [2.24, 2.45) is 5.41 Å². The fourth-order valence-electron chi connectivity index (χ4n) is 2.62. The quantitative estimate of drug-likeness (QED) is 0.789. The lowest BCUT2D eigenvalue weighted by Gasteiger charge is -2.14. The van der Waals surface area contributed by atoms with Crippen molar-refractivity contribution >= 4 is 0 Å². The van der Waals surface area contributed by atoms with Gasteiger partial charge in [-0.25, -0.2) is 0 Å². The van der Waals surface area contributed by atoms with Gasteiger partial charge in [0, 0.05) is 12.3 Å². The van der Waals surface area contributed by atoms with Gasteiger partial charge in [0.05, 0.1) is 5.69 Å². The largest absolute Gasteiger partial charge is 0.396 e. The summed E-state index contributed by atoms with van der Waals surface area (Å²) in [7, 11) is 0. The number of H-pyrrole nitrogens is 1. The number of nitrogens with zero attached hydrogens (tertiary/aromatic N) is 1. The van der Waals surface area contributed by atoms with E-state index in [-0.39, 0.29) is 5.41 Å². The first kappa shape index (κ1) is 9.40. The molecule has 1 fully saturated rings. The molecule has 3 rings (SSSR count). The Kier molecular flexibility index (Phi) is 2.09. The summed E-state index contributed by atoms with van der Waals surface area (Å²) >= 11 is 0. The Morgan fingerprint density at radius 2 is 2.07 bits per heavy atom. The molecule has 0 amide bonds. The van der Waals surface area contributed by atoms with E-state index in [9.17, 15) is 5.11 Å². The molecule has 2 aliphatic rings. The lowest BCUT2D eigenvalue weighted by Crippen LogP contribution is -2.12. The first-order valence-corrected chi connectivity index (χ1v) is 5.99. The Balaban J connectivity index is 1.83. The van der Waals surface area contributed by atoms with Gasteiger partial charge >= 0.3 is 0 Å². The molecule has 2 N–H and O–H groups in total. The summed E-state index contributed by atoms with van der Waals surface area (Å²) in [5.74, 6) is 0. The van der Waals surface area contributed by atoms with Gasteiger partial charge in [-0.1, -0.05) is 0 Å². The number of aliphatic hydroxyl groups excluding tert-OH is 1. The molecular weight excluding hydrogens is 188 g/mol. The minimum atomic E-state index is 0.195. The van der Waals surface area contributed by atoms with Crippen LogP contribution in [0, 0.1) is 5.41 Å². The van der Waals surface area contributed by atoms with Crippen molar-refractivity contribution in [3.8, 4) is 0 Å². The number of fused-ring (bicyclic) bond motifs is 1. The van der Waals surface area contributed by atoms with E-state index in [1.54, 1.807) is 0 Å². The number of hydrogen-bond donors (Lipinski definition) is 2. The molecule has 1 aromatic heterocycles. The highest BCUT2D eigenvalue weighted by Gasteiger charge is 2.43. The predicted octanol–water partition coefficient (Wildman–Crippen LogP) is 1.60. The van der Waals surface area contributed by atoms with Crippen LogP contribution >= 0.6 is 0 Å². The lowest BCUT2D eigenvalue weighted by atomic mass is 9.91. The first-order valence-electron chi connectivity index (χ1n) is 5.99. The molecule has 15 heavy (non-hydrogen) atoms. The third kappa shape index (κ3) is 1.59. The van der Waals surface area contributed by atoms with Crippen LogP contribution in [0.5, 0.6) is 0 Å². The van der Waals surface area contributed by atoms with E-state index in [1.807, 2.05) is 0 Å². The third-order valence-corrected chi connectivity index (χ3v) is 3.98.